The molecule has 0 spiro atoms. The van der Waals surface area contributed by atoms with Crippen molar-refractivity contribution in [1.29, 1.82) is 0 Å². The number of carbonyl (C=O) groups is 2. The number of nitrogens with two attached hydrogens (primary N) is 1. The highest BCUT2D eigenvalue weighted by Gasteiger charge is 2.47. The zero-order valence-corrected chi connectivity index (χ0v) is 8.67. The highest BCUT2D eigenvalue weighted by Crippen LogP contribution is 2.33. The minimum absolute atomic E-state index is 0.0543. The quantitative estimate of drug-likeness (QED) is 0.614. The van der Waals surface area contributed by atoms with Gasteiger partial charge in [0.05, 0.1) is 5.54 Å². The van der Waals surface area contributed by atoms with E-state index in [2.05, 4.69) is 5.32 Å². The lowest BCUT2D eigenvalue weighted by Gasteiger charge is -2.20. The summed E-state index contributed by atoms with van der Waals surface area (Å²) in [4.78, 5) is 24.1. The van der Waals surface area contributed by atoms with Gasteiger partial charge in [0.25, 0.3) is 0 Å². The lowest BCUT2D eigenvalue weighted by atomic mass is 10.2. The van der Waals surface area contributed by atoms with E-state index >= 15 is 0 Å². The third-order valence-electron chi connectivity index (χ3n) is 2.51. The molecule has 1 rings (SSSR count). The van der Waals surface area contributed by atoms with Crippen LogP contribution in [-0.2, 0) is 9.59 Å². The fraction of sp³-hybridized carbons (Fsp3) is 0.778. The second-order valence-corrected chi connectivity index (χ2v) is 3.81. The molecule has 0 saturated heterocycles. The average molecular weight is 199 g/mol. The number of nitrogens with zero attached hydrogens (tertiary/aromatic N) is 1. The van der Waals surface area contributed by atoms with Gasteiger partial charge < -0.3 is 16.0 Å². The van der Waals surface area contributed by atoms with Gasteiger partial charge in [0.1, 0.15) is 0 Å². The summed E-state index contributed by atoms with van der Waals surface area (Å²) in [6.07, 6.45) is 1.85. The Labute approximate surface area is 83.6 Å². The molecule has 0 aliphatic heterocycles. The van der Waals surface area contributed by atoms with E-state index in [9.17, 15) is 9.59 Å². The molecule has 80 valence electrons. The van der Waals surface area contributed by atoms with Crippen LogP contribution in [0.5, 0.6) is 0 Å². The number of amides is 2. The molecular weight excluding hydrogens is 182 g/mol. The van der Waals surface area contributed by atoms with E-state index in [1.807, 2.05) is 0 Å². The number of rotatable bonds is 4. The van der Waals surface area contributed by atoms with Gasteiger partial charge in [-0.1, -0.05) is 0 Å². The van der Waals surface area contributed by atoms with Crippen molar-refractivity contribution in [3.63, 3.8) is 0 Å². The first-order valence-electron chi connectivity index (χ1n) is 4.74. The van der Waals surface area contributed by atoms with Gasteiger partial charge in [-0.3, -0.25) is 9.59 Å². The summed E-state index contributed by atoms with van der Waals surface area (Å²) in [6, 6.07) is 0. The van der Waals surface area contributed by atoms with Crippen LogP contribution < -0.4 is 11.1 Å². The zero-order chi connectivity index (χ0) is 10.8. The molecule has 0 atom stereocenters. The molecule has 0 bridgehead atoms. The fourth-order valence-electron chi connectivity index (χ4n) is 1.22. The fourth-order valence-corrected chi connectivity index (χ4v) is 1.22. The lowest BCUT2D eigenvalue weighted by Crippen LogP contribution is -2.44. The molecular formula is C9H17N3O2. The molecule has 14 heavy (non-hydrogen) atoms. The van der Waals surface area contributed by atoms with Gasteiger partial charge in [0.2, 0.25) is 11.8 Å². The summed E-state index contributed by atoms with van der Waals surface area (Å²) in [5.74, 6) is -0.118. The maximum Gasteiger partial charge on any atom is 0.242 e. The summed E-state index contributed by atoms with van der Waals surface area (Å²) in [6.45, 7) is 0.428. The van der Waals surface area contributed by atoms with E-state index in [1.165, 1.54) is 4.90 Å². The topological polar surface area (TPSA) is 75.4 Å². The SMILES string of the molecule is CNC(=O)CCN(C)C(=O)C1(N)CC1. The van der Waals surface area contributed by atoms with Crippen LogP contribution in [-0.4, -0.2) is 42.9 Å². The molecule has 0 radical (unpaired) electrons. The van der Waals surface area contributed by atoms with Crippen LogP contribution >= 0.6 is 0 Å². The first-order valence-corrected chi connectivity index (χ1v) is 4.74. The van der Waals surface area contributed by atoms with Gasteiger partial charge in [0.15, 0.2) is 0 Å². The molecule has 1 fully saturated rings. The largest absolute Gasteiger partial charge is 0.359 e. The predicted octanol–water partition coefficient (Wildman–Crippen LogP) is -0.928. The number of hydrogen-bond acceptors (Lipinski definition) is 3. The molecule has 0 heterocycles. The van der Waals surface area contributed by atoms with Gasteiger partial charge in [-0.2, -0.15) is 0 Å². The number of likely N-dealkylation sites (N-methyl/N-ethyl adjacent to an activating group) is 1. The molecule has 0 aromatic heterocycles. The monoisotopic (exact) mass is 199 g/mol. The molecule has 2 amide bonds. The van der Waals surface area contributed by atoms with Crippen LogP contribution in [0.1, 0.15) is 19.3 Å². The Morgan fingerprint density at radius 1 is 1.50 bits per heavy atom. The van der Waals surface area contributed by atoms with Crippen molar-refractivity contribution in [3.05, 3.63) is 0 Å². The highest BCUT2D eigenvalue weighted by atomic mass is 16.2. The van der Waals surface area contributed by atoms with Crippen molar-refractivity contribution in [2.75, 3.05) is 20.6 Å². The maximum atomic E-state index is 11.6. The summed E-state index contributed by atoms with van der Waals surface area (Å²) < 4.78 is 0. The second kappa shape index (κ2) is 3.96. The smallest absolute Gasteiger partial charge is 0.242 e. The maximum absolute atomic E-state index is 11.6. The van der Waals surface area contributed by atoms with Crippen molar-refractivity contribution < 1.29 is 9.59 Å². The van der Waals surface area contributed by atoms with Gasteiger partial charge in [-0.25, -0.2) is 0 Å². The summed E-state index contributed by atoms with van der Waals surface area (Å²) in [5.41, 5.74) is 5.11. The average Bonchev–Trinajstić information content (AvgIpc) is 2.92. The summed E-state index contributed by atoms with van der Waals surface area (Å²) in [7, 11) is 3.26. The summed E-state index contributed by atoms with van der Waals surface area (Å²) in [5, 5.41) is 2.51. The first-order chi connectivity index (χ1) is 6.49. The summed E-state index contributed by atoms with van der Waals surface area (Å²) >= 11 is 0. The van der Waals surface area contributed by atoms with E-state index in [-0.39, 0.29) is 11.8 Å². The highest BCUT2D eigenvalue weighted by molar-refractivity contribution is 5.89. The Kier molecular flexibility index (Phi) is 3.10. The second-order valence-electron chi connectivity index (χ2n) is 3.81. The normalized spacial score (nSPS) is 17.4. The number of carbonyl (C=O) groups excluding carboxylic acids is 2. The predicted molar refractivity (Wildman–Crippen MR) is 52.5 cm³/mol. The molecule has 3 N–H and O–H groups in total. The molecule has 0 unspecified atom stereocenters. The molecule has 1 saturated carbocycles. The Morgan fingerprint density at radius 3 is 2.50 bits per heavy atom. The van der Waals surface area contributed by atoms with Crippen LogP contribution in [0.4, 0.5) is 0 Å². The van der Waals surface area contributed by atoms with Crippen LogP contribution in [0.25, 0.3) is 0 Å². The van der Waals surface area contributed by atoms with Gasteiger partial charge in [-0.15, -0.1) is 0 Å². The Morgan fingerprint density at radius 2 is 2.07 bits per heavy atom. The van der Waals surface area contributed by atoms with Crippen LogP contribution in [0.3, 0.4) is 0 Å². The van der Waals surface area contributed by atoms with Crippen molar-refractivity contribution in [2.45, 2.75) is 24.8 Å². The number of hydrogen-bond donors (Lipinski definition) is 2. The van der Waals surface area contributed by atoms with E-state index in [0.29, 0.717) is 13.0 Å². The van der Waals surface area contributed by atoms with Crippen molar-refractivity contribution in [3.8, 4) is 0 Å². The van der Waals surface area contributed by atoms with E-state index in [4.69, 9.17) is 5.73 Å². The lowest BCUT2D eigenvalue weighted by molar-refractivity contribution is -0.132. The Bertz CT molecular complexity index is 248. The van der Waals surface area contributed by atoms with Crippen LogP contribution in [0.2, 0.25) is 0 Å². The molecule has 0 aromatic rings. The van der Waals surface area contributed by atoms with E-state index in [1.54, 1.807) is 14.1 Å². The third-order valence-corrected chi connectivity index (χ3v) is 2.51. The Hall–Kier alpha value is -1.10. The van der Waals surface area contributed by atoms with E-state index in [0.717, 1.165) is 12.8 Å². The zero-order valence-electron chi connectivity index (χ0n) is 8.67. The minimum Gasteiger partial charge on any atom is -0.359 e. The standard InChI is InChI=1S/C9H17N3O2/c1-11-7(13)3-6-12(2)8(14)9(10)4-5-9/h3-6,10H2,1-2H3,(H,11,13). The van der Waals surface area contributed by atoms with Gasteiger partial charge in [-0.05, 0) is 12.8 Å². The van der Waals surface area contributed by atoms with Crippen molar-refractivity contribution >= 4 is 11.8 Å². The molecule has 1 aliphatic rings. The molecule has 5 nitrogen and oxygen atoms in total. The van der Waals surface area contributed by atoms with Gasteiger partial charge >= 0.3 is 0 Å². The number of nitrogens with one attached hydrogen (secondary N) is 1. The van der Waals surface area contributed by atoms with E-state index < -0.39 is 5.54 Å². The molecule has 1 aliphatic carbocycles. The van der Waals surface area contributed by atoms with Gasteiger partial charge in [0, 0.05) is 27.1 Å². The first kappa shape index (κ1) is 11.0. The minimum atomic E-state index is -0.628. The van der Waals surface area contributed by atoms with Crippen LogP contribution in [0.15, 0.2) is 0 Å². The third kappa shape index (κ3) is 2.45. The van der Waals surface area contributed by atoms with Crippen molar-refractivity contribution in [2.24, 2.45) is 5.73 Å². The van der Waals surface area contributed by atoms with Crippen molar-refractivity contribution in [1.82, 2.24) is 10.2 Å². The van der Waals surface area contributed by atoms with Crippen LogP contribution in [0, 0.1) is 0 Å². The Balaban J connectivity index is 2.31. The molecule has 0 aromatic carbocycles. The molecule has 5 heteroatoms.